The van der Waals surface area contributed by atoms with Crippen LogP contribution in [0.15, 0.2) is 10.9 Å². The van der Waals surface area contributed by atoms with Crippen molar-refractivity contribution in [2.45, 2.75) is 13.3 Å². The van der Waals surface area contributed by atoms with Gasteiger partial charge in [0.1, 0.15) is 5.00 Å². The van der Waals surface area contributed by atoms with Crippen LogP contribution in [0, 0.1) is 0 Å². The van der Waals surface area contributed by atoms with E-state index in [9.17, 15) is 4.79 Å². The van der Waals surface area contributed by atoms with Gasteiger partial charge in [0.05, 0.1) is 17.7 Å². The van der Waals surface area contributed by atoms with Crippen molar-refractivity contribution in [2.24, 2.45) is 0 Å². The van der Waals surface area contributed by atoms with E-state index >= 15 is 0 Å². The van der Waals surface area contributed by atoms with Gasteiger partial charge in [-0.1, -0.05) is 5.16 Å². The number of carbonyl (C=O) groups is 1. The molecule has 0 spiro atoms. The molecule has 0 unspecified atom stereocenters. The standard InChI is InChI=1S/C11H14N4O3S/c1-6(16)10-8(12)9(17-2)11(19-10)13-4-3-7-14-5-18-15-7/h5,13H,3-4,12H2,1-2H3. The molecule has 0 bridgehead atoms. The number of hydrogen-bond donors (Lipinski definition) is 2. The van der Waals surface area contributed by atoms with Crippen LogP contribution in [0.3, 0.4) is 0 Å². The molecule has 0 saturated carbocycles. The van der Waals surface area contributed by atoms with Gasteiger partial charge in [-0.3, -0.25) is 4.79 Å². The lowest BCUT2D eigenvalue weighted by Gasteiger charge is -2.05. The first-order valence-corrected chi connectivity index (χ1v) is 6.41. The Kier molecular flexibility index (Phi) is 4.00. The smallest absolute Gasteiger partial charge is 0.213 e. The first-order chi connectivity index (χ1) is 9.13. The molecule has 0 fully saturated rings. The van der Waals surface area contributed by atoms with Gasteiger partial charge in [0.2, 0.25) is 6.39 Å². The summed E-state index contributed by atoms with van der Waals surface area (Å²) in [4.78, 5) is 15.8. The summed E-state index contributed by atoms with van der Waals surface area (Å²) in [5, 5.41) is 7.60. The number of aromatic nitrogens is 2. The summed E-state index contributed by atoms with van der Waals surface area (Å²) in [6, 6.07) is 0. The zero-order valence-corrected chi connectivity index (χ0v) is 11.4. The lowest BCUT2D eigenvalue weighted by atomic mass is 10.3. The van der Waals surface area contributed by atoms with E-state index in [-0.39, 0.29) is 5.78 Å². The van der Waals surface area contributed by atoms with Gasteiger partial charge in [-0.25, -0.2) is 0 Å². The number of nitrogens with one attached hydrogen (secondary N) is 1. The fraction of sp³-hybridized carbons (Fsp3) is 0.364. The average Bonchev–Trinajstić information content (AvgIpc) is 2.97. The Labute approximate surface area is 113 Å². The van der Waals surface area contributed by atoms with Gasteiger partial charge in [-0.05, 0) is 0 Å². The summed E-state index contributed by atoms with van der Waals surface area (Å²) in [5.41, 5.74) is 6.24. The van der Waals surface area contributed by atoms with Crippen molar-refractivity contribution in [3.8, 4) is 5.75 Å². The van der Waals surface area contributed by atoms with Gasteiger partial charge in [0.15, 0.2) is 17.4 Å². The molecule has 0 atom stereocenters. The minimum absolute atomic E-state index is 0.0768. The van der Waals surface area contributed by atoms with Crippen LogP contribution in [0.5, 0.6) is 5.75 Å². The van der Waals surface area contributed by atoms with E-state index in [4.69, 9.17) is 10.5 Å². The normalized spacial score (nSPS) is 10.4. The molecule has 2 rings (SSSR count). The van der Waals surface area contributed by atoms with Gasteiger partial charge in [0, 0.05) is 19.9 Å². The second-order valence-corrected chi connectivity index (χ2v) is 4.81. The number of hydrogen-bond acceptors (Lipinski definition) is 8. The first-order valence-electron chi connectivity index (χ1n) is 5.59. The predicted octanol–water partition coefficient (Wildman–Crippen LogP) is 1.58. The van der Waals surface area contributed by atoms with Gasteiger partial charge < -0.3 is 20.3 Å². The van der Waals surface area contributed by atoms with Crippen molar-refractivity contribution >= 4 is 27.8 Å². The maximum Gasteiger partial charge on any atom is 0.213 e. The van der Waals surface area contributed by atoms with E-state index in [0.29, 0.717) is 35.1 Å². The molecule has 0 radical (unpaired) electrons. The molecular formula is C11H14N4O3S. The molecule has 2 aromatic heterocycles. The summed E-state index contributed by atoms with van der Waals surface area (Å²) in [6.07, 6.45) is 1.89. The van der Waals surface area contributed by atoms with Crippen LogP contribution >= 0.6 is 11.3 Å². The highest BCUT2D eigenvalue weighted by molar-refractivity contribution is 7.19. The number of ether oxygens (including phenoxy) is 1. The number of thiophene rings is 1. The quantitative estimate of drug-likeness (QED) is 0.775. The zero-order valence-electron chi connectivity index (χ0n) is 10.6. The van der Waals surface area contributed by atoms with Crippen LogP contribution in [0.25, 0.3) is 0 Å². The lowest BCUT2D eigenvalue weighted by Crippen LogP contribution is -2.05. The van der Waals surface area contributed by atoms with Crippen molar-refractivity contribution in [3.05, 3.63) is 17.1 Å². The molecular weight excluding hydrogens is 268 g/mol. The molecule has 0 aliphatic rings. The molecule has 0 aromatic carbocycles. The number of carbonyl (C=O) groups excluding carboxylic acids is 1. The fourth-order valence-corrected chi connectivity index (χ4v) is 2.61. The molecule has 0 amide bonds. The van der Waals surface area contributed by atoms with Crippen molar-refractivity contribution < 1.29 is 14.1 Å². The SMILES string of the molecule is COc1c(NCCc2ncon2)sc(C(C)=O)c1N. The summed E-state index contributed by atoms with van der Waals surface area (Å²) >= 11 is 1.28. The first kappa shape index (κ1) is 13.3. The van der Waals surface area contributed by atoms with Crippen molar-refractivity contribution in [3.63, 3.8) is 0 Å². The highest BCUT2D eigenvalue weighted by Crippen LogP contribution is 2.42. The van der Waals surface area contributed by atoms with Gasteiger partial charge in [0.25, 0.3) is 0 Å². The Morgan fingerprint density at radius 3 is 3.00 bits per heavy atom. The molecule has 19 heavy (non-hydrogen) atoms. The van der Waals surface area contributed by atoms with E-state index < -0.39 is 0 Å². The number of Topliss-reactive ketones (excluding diaryl/α,β-unsaturated/α-hetero) is 1. The Hall–Kier alpha value is -2.09. The summed E-state index contributed by atoms with van der Waals surface area (Å²) in [5.74, 6) is 1.04. The van der Waals surface area contributed by atoms with E-state index in [0.717, 1.165) is 5.00 Å². The van der Waals surface area contributed by atoms with Crippen LogP contribution in [-0.2, 0) is 6.42 Å². The van der Waals surface area contributed by atoms with Crippen molar-refractivity contribution in [2.75, 3.05) is 24.7 Å². The highest BCUT2D eigenvalue weighted by atomic mass is 32.1. The Morgan fingerprint density at radius 1 is 1.63 bits per heavy atom. The molecule has 0 aliphatic carbocycles. The lowest BCUT2D eigenvalue weighted by molar-refractivity contribution is 0.102. The maximum absolute atomic E-state index is 11.4. The summed E-state index contributed by atoms with van der Waals surface area (Å²) in [7, 11) is 1.52. The topological polar surface area (TPSA) is 103 Å². The average molecular weight is 282 g/mol. The van der Waals surface area contributed by atoms with Crippen LogP contribution in [-0.4, -0.2) is 29.6 Å². The molecule has 0 aliphatic heterocycles. The number of rotatable bonds is 6. The van der Waals surface area contributed by atoms with Crippen molar-refractivity contribution in [1.82, 2.24) is 10.1 Å². The molecule has 8 heteroatoms. The zero-order chi connectivity index (χ0) is 13.8. The van der Waals surface area contributed by atoms with Crippen LogP contribution < -0.4 is 15.8 Å². The van der Waals surface area contributed by atoms with Crippen molar-refractivity contribution in [1.29, 1.82) is 0 Å². The fourth-order valence-electron chi connectivity index (χ4n) is 1.60. The van der Waals surface area contributed by atoms with Gasteiger partial charge >= 0.3 is 0 Å². The summed E-state index contributed by atoms with van der Waals surface area (Å²) < 4.78 is 9.86. The Morgan fingerprint density at radius 2 is 2.42 bits per heavy atom. The van der Waals surface area contributed by atoms with Gasteiger partial charge in [-0.2, -0.15) is 4.98 Å². The molecule has 0 saturated heterocycles. The van der Waals surface area contributed by atoms with E-state index in [2.05, 4.69) is 20.0 Å². The van der Waals surface area contributed by atoms with Gasteiger partial charge in [-0.15, -0.1) is 11.3 Å². The van der Waals surface area contributed by atoms with Crippen LogP contribution in [0.1, 0.15) is 22.4 Å². The minimum atomic E-state index is -0.0768. The third-order valence-corrected chi connectivity index (χ3v) is 3.71. The van der Waals surface area contributed by atoms with Crippen LogP contribution in [0.4, 0.5) is 10.7 Å². The van der Waals surface area contributed by atoms with E-state index in [1.807, 2.05) is 0 Å². The monoisotopic (exact) mass is 282 g/mol. The Balaban J connectivity index is 2.07. The third-order valence-electron chi connectivity index (χ3n) is 2.46. The van der Waals surface area contributed by atoms with E-state index in [1.54, 1.807) is 0 Å². The Bertz CT molecular complexity index is 565. The second kappa shape index (κ2) is 5.70. The van der Waals surface area contributed by atoms with Crippen LogP contribution in [0.2, 0.25) is 0 Å². The third kappa shape index (κ3) is 2.84. The number of methoxy groups -OCH3 is 1. The maximum atomic E-state index is 11.4. The minimum Gasteiger partial charge on any atom is -0.492 e. The predicted molar refractivity (Wildman–Crippen MR) is 71.8 cm³/mol. The summed E-state index contributed by atoms with van der Waals surface area (Å²) in [6.45, 7) is 2.07. The number of ketones is 1. The molecule has 3 N–H and O–H groups in total. The molecule has 7 nitrogen and oxygen atoms in total. The largest absolute Gasteiger partial charge is 0.492 e. The number of nitrogens with zero attached hydrogens (tertiary/aromatic N) is 2. The number of nitrogens with two attached hydrogens (primary N) is 1. The molecule has 102 valence electrons. The number of nitrogen functional groups attached to an aromatic ring is 1. The number of anilines is 2. The molecule has 2 aromatic rings. The second-order valence-electron chi connectivity index (χ2n) is 3.79. The highest BCUT2D eigenvalue weighted by Gasteiger charge is 2.19. The molecule has 2 heterocycles. The van der Waals surface area contributed by atoms with E-state index in [1.165, 1.54) is 31.8 Å².